The lowest BCUT2D eigenvalue weighted by Gasteiger charge is -2.28. The Hall–Kier alpha value is -2.73. The van der Waals surface area contributed by atoms with E-state index in [1.54, 1.807) is 13.8 Å². The molecular weight excluding hydrogens is 410 g/mol. The first kappa shape index (κ1) is 28.3. The highest BCUT2D eigenvalue weighted by atomic mass is 16.4. The molecule has 0 heterocycles. The molecule has 31 heavy (non-hydrogen) atoms. The minimum atomic E-state index is -1.52. The Balaban J connectivity index is 5.48. The number of hydrogen-bond donors (Lipinski definition) is 7. The maximum absolute atomic E-state index is 12.9. The van der Waals surface area contributed by atoms with Gasteiger partial charge in [-0.25, -0.2) is 4.79 Å². The summed E-state index contributed by atoms with van der Waals surface area (Å²) in [6.07, 6.45) is 0.321. The van der Waals surface area contributed by atoms with Gasteiger partial charge in [0.1, 0.15) is 18.1 Å². The highest BCUT2D eigenvalue weighted by Crippen LogP contribution is 2.11. The number of aliphatic carboxylic acids is 1. The number of amides is 4. The fourth-order valence-corrected chi connectivity index (χ4v) is 2.69. The van der Waals surface area contributed by atoms with Crippen molar-refractivity contribution in [3.8, 4) is 0 Å². The Bertz CT molecular complexity index is 656. The van der Waals surface area contributed by atoms with Crippen LogP contribution >= 0.6 is 0 Å². The number of carbonyl (C=O) groups is 5. The number of nitrogens with two attached hydrogens (primary N) is 2. The number of rotatable bonds is 14. The van der Waals surface area contributed by atoms with Gasteiger partial charge in [0.25, 0.3) is 0 Å². The van der Waals surface area contributed by atoms with Gasteiger partial charge in [0, 0.05) is 0 Å². The van der Waals surface area contributed by atoms with Crippen molar-refractivity contribution >= 4 is 29.6 Å². The van der Waals surface area contributed by atoms with E-state index >= 15 is 0 Å². The first-order valence-corrected chi connectivity index (χ1v) is 10.1. The summed E-state index contributed by atoms with van der Waals surface area (Å²) < 4.78 is 0. The SMILES string of the molecule is CCC(C)C(NC(=O)C(CC(C)C)NC(=O)C(N)CC(N)=O)C(=O)NC(CO)C(=O)O. The molecule has 0 spiro atoms. The third kappa shape index (κ3) is 10.2. The van der Waals surface area contributed by atoms with Gasteiger partial charge < -0.3 is 37.6 Å². The summed E-state index contributed by atoms with van der Waals surface area (Å²) in [7, 11) is 0. The fraction of sp³-hybridized carbons (Fsp3) is 0.737. The normalized spacial score (nSPS) is 15.8. The molecule has 0 aliphatic carbocycles. The molecule has 0 saturated carbocycles. The van der Waals surface area contributed by atoms with Gasteiger partial charge in [-0.1, -0.05) is 34.1 Å². The Kier molecular flexibility index (Phi) is 12.4. The summed E-state index contributed by atoms with van der Waals surface area (Å²) in [5.41, 5.74) is 10.7. The average Bonchev–Trinajstić information content (AvgIpc) is 2.67. The number of hydrogen-bond acceptors (Lipinski definition) is 7. The third-order valence-corrected chi connectivity index (χ3v) is 4.69. The van der Waals surface area contributed by atoms with Gasteiger partial charge in [-0.2, -0.15) is 0 Å². The molecule has 0 bridgehead atoms. The fourth-order valence-electron chi connectivity index (χ4n) is 2.69. The molecule has 178 valence electrons. The minimum absolute atomic E-state index is 0.00919. The van der Waals surface area contributed by atoms with E-state index in [1.807, 2.05) is 13.8 Å². The molecule has 0 saturated heterocycles. The van der Waals surface area contributed by atoms with Crippen molar-refractivity contribution < 1.29 is 34.2 Å². The molecule has 5 unspecified atom stereocenters. The Morgan fingerprint density at radius 3 is 1.87 bits per heavy atom. The maximum atomic E-state index is 12.9. The molecule has 9 N–H and O–H groups in total. The summed E-state index contributed by atoms with van der Waals surface area (Å²) in [6.45, 7) is 6.32. The van der Waals surface area contributed by atoms with E-state index in [0.717, 1.165) is 0 Å². The monoisotopic (exact) mass is 445 g/mol. The summed E-state index contributed by atoms with van der Waals surface area (Å²) in [4.78, 5) is 59.8. The second kappa shape index (κ2) is 13.5. The average molecular weight is 446 g/mol. The van der Waals surface area contributed by atoms with Crippen LogP contribution in [0.5, 0.6) is 0 Å². The molecule has 12 nitrogen and oxygen atoms in total. The van der Waals surface area contributed by atoms with Gasteiger partial charge in [-0.05, 0) is 18.3 Å². The topological polar surface area (TPSA) is 214 Å². The molecule has 0 aromatic carbocycles. The van der Waals surface area contributed by atoms with Crippen LogP contribution in [-0.2, 0) is 24.0 Å². The highest BCUT2D eigenvalue weighted by molar-refractivity contribution is 5.95. The van der Waals surface area contributed by atoms with Crippen LogP contribution < -0.4 is 27.4 Å². The van der Waals surface area contributed by atoms with E-state index in [0.29, 0.717) is 6.42 Å². The number of carboxylic acid groups (broad SMARTS) is 1. The van der Waals surface area contributed by atoms with Crippen LogP contribution in [0.4, 0.5) is 0 Å². The van der Waals surface area contributed by atoms with E-state index in [1.165, 1.54) is 0 Å². The standard InChI is InChI=1S/C19H35N5O7/c1-5-10(4)15(18(29)23-13(8-25)19(30)31)24-17(28)12(6-9(2)3)22-16(27)11(20)7-14(21)26/h9-13,15,25H,5-8,20H2,1-4H3,(H2,21,26)(H,22,27)(H,23,29)(H,24,28)(H,30,31). The summed E-state index contributed by atoms with van der Waals surface area (Å²) in [5.74, 6) is -4.74. The second-order valence-electron chi connectivity index (χ2n) is 7.92. The lowest BCUT2D eigenvalue weighted by Crippen LogP contribution is -2.59. The van der Waals surface area contributed by atoms with Crippen LogP contribution in [0, 0.1) is 11.8 Å². The maximum Gasteiger partial charge on any atom is 0.328 e. The zero-order chi connectivity index (χ0) is 24.3. The third-order valence-electron chi connectivity index (χ3n) is 4.69. The van der Waals surface area contributed by atoms with Crippen molar-refractivity contribution in [1.29, 1.82) is 0 Å². The van der Waals surface area contributed by atoms with Gasteiger partial charge >= 0.3 is 5.97 Å². The Labute approximate surface area is 181 Å². The molecule has 0 radical (unpaired) electrons. The predicted molar refractivity (Wildman–Crippen MR) is 111 cm³/mol. The highest BCUT2D eigenvalue weighted by Gasteiger charge is 2.33. The lowest BCUT2D eigenvalue weighted by atomic mass is 9.96. The molecule has 0 aliphatic rings. The number of carboxylic acids is 1. The van der Waals surface area contributed by atoms with Crippen molar-refractivity contribution in [3.63, 3.8) is 0 Å². The van der Waals surface area contributed by atoms with Crippen LogP contribution in [-0.4, -0.2) is 70.6 Å². The summed E-state index contributed by atoms with van der Waals surface area (Å²) in [6, 6.07) is -4.89. The molecule has 0 rings (SSSR count). The van der Waals surface area contributed by atoms with Crippen molar-refractivity contribution in [2.24, 2.45) is 23.3 Å². The second-order valence-corrected chi connectivity index (χ2v) is 7.92. The van der Waals surface area contributed by atoms with E-state index in [2.05, 4.69) is 16.0 Å². The molecule has 4 amide bonds. The minimum Gasteiger partial charge on any atom is -0.480 e. The van der Waals surface area contributed by atoms with Gasteiger partial charge in [0.15, 0.2) is 0 Å². The van der Waals surface area contributed by atoms with Gasteiger partial charge in [0.2, 0.25) is 23.6 Å². The van der Waals surface area contributed by atoms with Crippen molar-refractivity contribution in [2.45, 2.75) is 71.1 Å². The molecule has 0 aromatic rings. The van der Waals surface area contributed by atoms with Gasteiger partial charge in [-0.3, -0.25) is 19.2 Å². The first-order valence-electron chi connectivity index (χ1n) is 10.1. The van der Waals surface area contributed by atoms with Crippen LogP contribution in [0.1, 0.15) is 47.0 Å². The first-order chi connectivity index (χ1) is 14.3. The molecule has 0 aliphatic heterocycles. The van der Waals surface area contributed by atoms with Crippen molar-refractivity contribution in [2.75, 3.05) is 6.61 Å². The largest absolute Gasteiger partial charge is 0.480 e. The molecular formula is C19H35N5O7. The lowest BCUT2D eigenvalue weighted by molar-refractivity contribution is -0.143. The molecule has 0 aromatic heterocycles. The number of nitrogens with one attached hydrogen (secondary N) is 3. The van der Waals surface area contributed by atoms with E-state index in [-0.39, 0.29) is 18.3 Å². The zero-order valence-electron chi connectivity index (χ0n) is 18.4. The number of primary amides is 1. The number of carbonyl (C=O) groups excluding carboxylic acids is 4. The smallest absolute Gasteiger partial charge is 0.328 e. The Morgan fingerprint density at radius 2 is 1.45 bits per heavy atom. The zero-order valence-corrected chi connectivity index (χ0v) is 18.4. The molecule has 12 heteroatoms. The summed E-state index contributed by atoms with van der Waals surface area (Å²) in [5, 5.41) is 25.4. The van der Waals surface area contributed by atoms with Crippen molar-refractivity contribution in [1.82, 2.24) is 16.0 Å². The van der Waals surface area contributed by atoms with Crippen molar-refractivity contribution in [3.05, 3.63) is 0 Å². The van der Waals surface area contributed by atoms with Crippen LogP contribution in [0.15, 0.2) is 0 Å². The Morgan fingerprint density at radius 1 is 0.903 bits per heavy atom. The van der Waals surface area contributed by atoms with Gasteiger partial charge in [0.05, 0.1) is 19.1 Å². The number of aliphatic hydroxyl groups excluding tert-OH is 1. The van der Waals surface area contributed by atoms with Crippen LogP contribution in [0.3, 0.4) is 0 Å². The quantitative estimate of drug-likeness (QED) is 0.155. The summed E-state index contributed by atoms with van der Waals surface area (Å²) >= 11 is 0. The predicted octanol–water partition coefficient (Wildman–Crippen LogP) is -2.19. The van der Waals surface area contributed by atoms with Gasteiger partial charge in [-0.15, -0.1) is 0 Å². The van der Waals surface area contributed by atoms with E-state index < -0.39 is 66.8 Å². The van der Waals surface area contributed by atoms with Crippen LogP contribution in [0.2, 0.25) is 0 Å². The molecule has 5 atom stereocenters. The van der Waals surface area contributed by atoms with E-state index in [4.69, 9.17) is 21.7 Å². The molecule has 0 fully saturated rings. The number of aliphatic hydroxyl groups is 1. The van der Waals surface area contributed by atoms with E-state index in [9.17, 15) is 24.0 Å². The van der Waals surface area contributed by atoms with Crippen LogP contribution in [0.25, 0.3) is 0 Å².